The van der Waals surface area contributed by atoms with E-state index < -0.39 is 10.0 Å². The molecule has 0 radical (unpaired) electrons. The van der Waals surface area contributed by atoms with Crippen LogP contribution in [0.15, 0.2) is 12.7 Å². The lowest BCUT2D eigenvalue weighted by Gasteiger charge is -2.38. The lowest BCUT2D eigenvalue weighted by atomic mass is 9.93. The second-order valence-electron chi connectivity index (χ2n) is 4.10. The van der Waals surface area contributed by atoms with Crippen molar-refractivity contribution in [2.24, 2.45) is 11.7 Å². The first-order chi connectivity index (χ1) is 7.03. The summed E-state index contributed by atoms with van der Waals surface area (Å²) in [6, 6.07) is -0.0382. The van der Waals surface area contributed by atoms with Crippen molar-refractivity contribution in [2.45, 2.75) is 25.8 Å². The number of nitrogens with zero attached hydrogens (tertiary/aromatic N) is 1. The van der Waals surface area contributed by atoms with Crippen LogP contribution in [0.1, 0.15) is 19.8 Å². The first kappa shape index (κ1) is 12.7. The van der Waals surface area contributed by atoms with E-state index in [1.165, 1.54) is 6.08 Å². The predicted molar refractivity (Wildman–Crippen MR) is 61.9 cm³/mol. The summed E-state index contributed by atoms with van der Waals surface area (Å²) in [5.41, 5.74) is 5.64. The zero-order valence-corrected chi connectivity index (χ0v) is 10.0. The van der Waals surface area contributed by atoms with Crippen molar-refractivity contribution in [1.82, 2.24) is 4.31 Å². The molecule has 1 aliphatic rings. The molecule has 0 aromatic carbocycles. The molecule has 1 heterocycles. The van der Waals surface area contributed by atoms with Crippen molar-refractivity contribution in [3.05, 3.63) is 12.7 Å². The van der Waals surface area contributed by atoms with E-state index in [9.17, 15) is 8.42 Å². The van der Waals surface area contributed by atoms with E-state index >= 15 is 0 Å². The van der Waals surface area contributed by atoms with Gasteiger partial charge in [-0.25, -0.2) is 8.42 Å². The molecule has 1 saturated heterocycles. The van der Waals surface area contributed by atoms with Gasteiger partial charge in [-0.3, -0.25) is 0 Å². The summed E-state index contributed by atoms with van der Waals surface area (Å²) in [5, 5.41) is 0. The average molecular weight is 232 g/mol. The van der Waals surface area contributed by atoms with E-state index in [0.717, 1.165) is 12.8 Å². The van der Waals surface area contributed by atoms with Crippen LogP contribution >= 0.6 is 0 Å². The molecule has 5 heteroatoms. The van der Waals surface area contributed by atoms with E-state index in [4.69, 9.17) is 5.73 Å². The van der Waals surface area contributed by atoms with E-state index in [2.05, 4.69) is 13.5 Å². The van der Waals surface area contributed by atoms with Crippen LogP contribution in [0.3, 0.4) is 0 Å². The van der Waals surface area contributed by atoms with Gasteiger partial charge < -0.3 is 5.73 Å². The smallest absolute Gasteiger partial charge is 0.217 e. The zero-order valence-electron chi connectivity index (χ0n) is 9.22. The first-order valence-electron chi connectivity index (χ1n) is 5.33. The molecule has 1 fully saturated rings. The van der Waals surface area contributed by atoms with Crippen molar-refractivity contribution in [2.75, 3.05) is 18.8 Å². The molecule has 2 unspecified atom stereocenters. The van der Waals surface area contributed by atoms with Crippen LogP contribution in [0.4, 0.5) is 0 Å². The topological polar surface area (TPSA) is 63.4 Å². The number of hydrogen-bond donors (Lipinski definition) is 1. The molecule has 0 bridgehead atoms. The quantitative estimate of drug-likeness (QED) is 0.720. The van der Waals surface area contributed by atoms with Crippen LogP contribution in [-0.4, -0.2) is 37.6 Å². The third-order valence-electron chi connectivity index (χ3n) is 2.99. The van der Waals surface area contributed by atoms with Crippen LogP contribution < -0.4 is 5.73 Å². The Morgan fingerprint density at radius 3 is 2.80 bits per heavy atom. The first-order valence-corrected chi connectivity index (χ1v) is 6.94. The Bertz CT molecular complexity index is 313. The maximum Gasteiger partial charge on any atom is 0.217 e. The van der Waals surface area contributed by atoms with Gasteiger partial charge in [-0.1, -0.05) is 13.0 Å². The summed E-state index contributed by atoms with van der Waals surface area (Å²) in [6.45, 7) is 6.54. The van der Waals surface area contributed by atoms with Crippen LogP contribution in [0.25, 0.3) is 0 Å². The molecular weight excluding hydrogens is 212 g/mol. The monoisotopic (exact) mass is 232 g/mol. The van der Waals surface area contributed by atoms with Gasteiger partial charge in [0, 0.05) is 19.1 Å². The van der Waals surface area contributed by atoms with E-state index in [-0.39, 0.29) is 11.8 Å². The van der Waals surface area contributed by atoms with Crippen molar-refractivity contribution in [3.63, 3.8) is 0 Å². The average Bonchev–Trinajstić information content (AvgIpc) is 2.17. The van der Waals surface area contributed by atoms with Gasteiger partial charge in [-0.2, -0.15) is 4.31 Å². The molecule has 0 aromatic rings. The summed E-state index contributed by atoms with van der Waals surface area (Å²) < 4.78 is 25.4. The lowest BCUT2D eigenvalue weighted by molar-refractivity contribution is 0.193. The highest BCUT2D eigenvalue weighted by molar-refractivity contribution is 7.89. The van der Waals surface area contributed by atoms with E-state index in [1.54, 1.807) is 4.31 Å². The van der Waals surface area contributed by atoms with Crippen molar-refractivity contribution >= 4 is 10.0 Å². The fourth-order valence-corrected chi connectivity index (χ4v) is 3.75. The highest BCUT2D eigenvalue weighted by atomic mass is 32.2. The molecule has 0 saturated carbocycles. The lowest BCUT2D eigenvalue weighted by Crippen LogP contribution is -2.51. The maximum absolute atomic E-state index is 11.9. The highest BCUT2D eigenvalue weighted by Crippen LogP contribution is 2.25. The Morgan fingerprint density at radius 2 is 2.27 bits per heavy atom. The molecule has 15 heavy (non-hydrogen) atoms. The molecule has 4 nitrogen and oxygen atoms in total. The number of piperidine rings is 1. The van der Waals surface area contributed by atoms with Crippen molar-refractivity contribution in [3.8, 4) is 0 Å². The van der Waals surface area contributed by atoms with Crippen molar-refractivity contribution in [1.29, 1.82) is 0 Å². The van der Waals surface area contributed by atoms with Crippen LogP contribution in [0.2, 0.25) is 0 Å². The molecule has 0 spiro atoms. The van der Waals surface area contributed by atoms with Crippen LogP contribution in [0.5, 0.6) is 0 Å². The standard InChI is InChI=1S/C10H20N2O2S/c1-3-7-15(13,14)12-6-4-5-9(2)10(12)8-11/h3,9-10H,1,4-8,11H2,2H3. The minimum Gasteiger partial charge on any atom is -0.329 e. The molecule has 0 aromatic heterocycles. The fourth-order valence-electron chi connectivity index (χ4n) is 2.15. The Labute approximate surface area is 92.2 Å². The minimum atomic E-state index is -3.19. The molecule has 2 N–H and O–H groups in total. The number of hydrogen-bond acceptors (Lipinski definition) is 3. The summed E-state index contributed by atoms with van der Waals surface area (Å²) in [4.78, 5) is 0. The third-order valence-corrected chi connectivity index (χ3v) is 4.82. The maximum atomic E-state index is 11.9. The van der Waals surface area contributed by atoms with Gasteiger partial charge in [0.25, 0.3) is 0 Å². The van der Waals surface area contributed by atoms with Gasteiger partial charge in [0.05, 0.1) is 5.75 Å². The summed E-state index contributed by atoms with van der Waals surface area (Å²) in [5.74, 6) is 0.360. The molecule has 0 amide bonds. The highest BCUT2D eigenvalue weighted by Gasteiger charge is 2.34. The zero-order chi connectivity index (χ0) is 11.5. The van der Waals surface area contributed by atoms with Gasteiger partial charge in [0.15, 0.2) is 0 Å². The Hall–Kier alpha value is -0.390. The van der Waals surface area contributed by atoms with Gasteiger partial charge in [-0.05, 0) is 18.8 Å². The van der Waals surface area contributed by atoms with Crippen molar-refractivity contribution < 1.29 is 8.42 Å². The summed E-state index contributed by atoms with van der Waals surface area (Å²) in [6.07, 6.45) is 3.41. The Balaban J connectivity index is 2.86. The molecular formula is C10H20N2O2S. The van der Waals surface area contributed by atoms with E-state index in [1.807, 2.05) is 0 Å². The van der Waals surface area contributed by atoms with E-state index in [0.29, 0.717) is 19.0 Å². The third kappa shape index (κ3) is 2.80. The minimum absolute atomic E-state index is 0.0101. The van der Waals surface area contributed by atoms with Crippen LogP contribution in [0, 0.1) is 5.92 Å². The normalized spacial score (nSPS) is 28.9. The second kappa shape index (κ2) is 5.09. The second-order valence-corrected chi connectivity index (χ2v) is 6.07. The SMILES string of the molecule is C=CCS(=O)(=O)N1CCCC(C)C1CN. The van der Waals surface area contributed by atoms with Crippen LogP contribution in [-0.2, 0) is 10.0 Å². The van der Waals surface area contributed by atoms with Gasteiger partial charge in [-0.15, -0.1) is 6.58 Å². The van der Waals surface area contributed by atoms with Gasteiger partial charge >= 0.3 is 0 Å². The number of rotatable bonds is 4. The number of nitrogens with two attached hydrogens (primary N) is 1. The summed E-state index contributed by atoms with van der Waals surface area (Å²) in [7, 11) is -3.19. The Morgan fingerprint density at radius 1 is 1.60 bits per heavy atom. The largest absolute Gasteiger partial charge is 0.329 e. The predicted octanol–water partition coefficient (Wildman–Crippen LogP) is 0.561. The molecule has 88 valence electrons. The molecule has 0 aliphatic carbocycles. The fraction of sp³-hybridized carbons (Fsp3) is 0.800. The summed E-state index contributed by atoms with van der Waals surface area (Å²) >= 11 is 0. The molecule has 2 atom stereocenters. The Kier molecular flexibility index (Phi) is 4.31. The number of sulfonamides is 1. The molecule has 1 rings (SSSR count). The van der Waals surface area contributed by atoms with Gasteiger partial charge in [0.2, 0.25) is 10.0 Å². The molecule has 1 aliphatic heterocycles. The van der Waals surface area contributed by atoms with Gasteiger partial charge in [0.1, 0.15) is 0 Å².